The number of unbranched alkanes of at least 4 members (excludes halogenated alkanes) is 1. The van der Waals surface area contributed by atoms with Gasteiger partial charge in [0, 0.05) is 3.57 Å². The first-order chi connectivity index (χ1) is 10.4. The molecule has 7 heteroatoms. The summed E-state index contributed by atoms with van der Waals surface area (Å²) in [5.41, 5.74) is 0. The van der Waals surface area contributed by atoms with Crippen molar-refractivity contribution in [1.82, 2.24) is 0 Å². The molecule has 22 heavy (non-hydrogen) atoms. The zero-order valence-corrected chi connectivity index (χ0v) is 19.0. The molecule has 0 aliphatic rings. The van der Waals surface area contributed by atoms with Crippen LogP contribution in [0, 0.1) is 10.7 Å². The van der Waals surface area contributed by atoms with Crippen molar-refractivity contribution in [3.63, 3.8) is 0 Å². The number of carbonyl (C=O) groups is 1. The maximum atomic E-state index is 11.0. The Balaban J connectivity index is 2.29. The Morgan fingerprint density at radius 2 is 1.77 bits per heavy atom. The van der Waals surface area contributed by atoms with Gasteiger partial charge in [-0.2, -0.15) is 0 Å². The van der Waals surface area contributed by atoms with Gasteiger partial charge >= 0.3 is 6.16 Å². The van der Waals surface area contributed by atoms with Gasteiger partial charge in [0.15, 0.2) is 0 Å². The number of rotatable bonds is 8. The van der Waals surface area contributed by atoms with Crippen LogP contribution in [0.15, 0.2) is 12.1 Å². The average molecular weight is 644 g/mol. The van der Waals surface area contributed by atoms with Crippen LogP contribution in [-0.4, -0.2) is 25.5 Å². The molecule has 0 N–H and O–H groups in total. The highest BCUT2D eigenvalue weighted by Gasteiger charge is 2.12. The van der Waals surface area contributed by atoms with Crippen LogP contribution in [0.3, 0.4) is 0 Å². The van der Waals surface area contributed by atoms with Crippen molar-refractivity contribution in [3.05, 3.63) is 22.8 Å². The fraction of sp³-hybridized carbons (Fsp3) is 0.533. The lowest BCUT2D eigenvalue weighted by atomic mass is 10.2. The van der Waals surface area contributed by atoms with Crippen LogP contribution in [0.1, 0.15) is 33.1 Å². The Morgan fingerprint density at radius 3 is 2.36 bits per heavy atom. The van der Waals surface area contributed by atoms with E-state index in [0.717, 1.165) is 32.2 Å². The van der Waals surface area contributed by atoms with E-state index >= 15 is 0 Å². The summed E-state index contributed by atoms with van der Waals surface area (Å²) in [6.07, 6.45) is 2.22. The maximum absolute atomic E-state index is 11.0. The molecule has 0 aliphatic heterocycles. The predicted octanol–water partition coefficient (Wildman–Crippen LogP) is 5.61. The van der Waals surface area contributed by atoms with Crippen molar-refractivity contribution in [3.8, 4) is 5.75 Å². The van der Waals surface area contributed by atoms with Gasteiger partial charge in [0.05, 0.1) is 26.5 Å². The molecule has 1 aromatic rings. The molecule has 0 fully saturated rings. The summed E-state index contributed by atoms with van der Waals surface area (Å²) < 4.78 is 19.1. The normalized spacial score (nSPS) is 11.9. The third-order valence-electron chi connectivity index (χ3n) is 2.77. The molecule has 1 aromatic carbocycles. The highest BCUT2D eigenvalue weighted by atomic mass is 127. The molecule has 0 saturated heterocycles. The molecule has 0 radical (unpaired) electrons. The van der Waals surface area contributed by atoms with E-state index in [0.29, 0.717) is 13.2 Å². The van der Waals surface area contributed by atoms with E-state index < -0.39 is 6.16 Å². The SMILES string of the molecule is CCOC(=O)OCCCCC(C)Oc1c(I)cc(I)cc1I. The van der Waals surface area contributed by atoms with Crippen LogP contribution in [0.25, 0.3) is 0 Å². The fourth-order valence-electron chi connectivity index (χ4n) is 1.75. The molecule has 0 saturated carbocycles. The number of hydrogen-bond donors (Lipinski definition) is 0. The lowest BCUT2D eigenvalue weighted by molar-refractivity contribution is 0.0573. The number of hydrogen-bond acceptors (Lipinski definition) is 4. The second-order valence-corrected chi connectivity index (χ2v) is 8.22. The first-order valence-electron chi connectivity index (χ1n) is 7.04. The zero-order valence-electron chi connectivity index (χ0n) is 12.5. The number of benzene rings is 1. The van der Waals surface area contributed by atoms with E-state index in [4.69, 9.17) is 14.2 Å². The predicted molar refractivity (Wildman–Crippen MR) is 112 cm³/mol. The van der Waals surface area contributed by atoms with Crippen molar-refractivity contribution < 1.29 is 19.0 Å². The van der Waals surface area contributed by atoms with Crippen LogP contribution in [0.5, 0.6) is 5.75 Å². The van der Waals surface area contributed by atoms with Crippen LogP contribution in [0.2, 0.25) is 0 Å². The monoisotopic (exact) mass is 644 g/mol. The maximum Gasteiger partial charge on any atom is 0.508 e. The Labute approximate surface area is 172 Å². The summed E-state index contributed by atoms with van der Waals surface area (Å²) in [4.78, 5) is 11.0. The van der Waals surface area contributed by atoms with E-state index in [1.807, 2.05) is 0 Å². The van der Waals surface area contributed by atoms with E-state index in [2.05, 4.69) is 86.8 Å². The van der Waals surface area contributed by atoms with Gasteiger partial charge in [0.25, 0.3) is 0 Å². The molecule has 1 atom stereocenters. The van der Waals surface area contributed by atoms with Gasteiger partial charge in [0.1, 0.15) is 5.75 Å². The topological polar surface area (TPSA) is 44.8 Å². The molecular formula is C15H19I3O4. The minimum atomic E-state index is -0.588. The molecular weight excluding hydrogens is 625 g/mol. The van der Waals surface area contributed by atoms with E-state index in [1.165, 1.54) is 3.57 Å². The van der Waals surface area contributed by atoms with Crippen molar-refractivity contribution in [1.29, 1.82) is 0 Å². The van der Waals surface area contributed by atoms with Gasteiger partial charge in [-0.25, -0.2) is 4.79 Å². The third kappa shape index (κ3) is 7.84. The Bertz CT molecular complexity index is 471. The van der Waals surface area contributed by atoms with Crippen LogP contribution in [-0.2, 0) is 9.47 Å². The van der Waals surface area contributed by atoms with Crippen LogP contribution in [0.4, 0.5) is 4.79 Å². The standard InChI is InChI=1S/C15H19I3O4/c1-3-20-15(19)21-7-5-4-6-10(2)22-14-12(17)8-11(16)9-13(14)18/h8-10H,3-7H2,1-2H3. The minimum Gasteiger partial charge on any atom is -0.488 e. The minimum absolute atomic E-state index is 0.129. The number of carbonyl (C=O) groups excluding carboxylic acids is 1. The molecule has 0 aliphatic carbocycles. The molecule has 0 bridgehead atoms. The zero-order chi connectivity index (χ0) is 16.5. The molecule has 1 rings (SSSR count). The lowest BCUT2D eigenvalue weighted by Crippen LogP contribution is -2.14. The summed E-state index contributed by atoms with van der Waals surface area (Å²) in [6, 6.07) is 4.22. The summed E-state index contributed by atoms with van der Waals surface area (Å²) in [5.74, 6) is 0.955. The third-order valence-corrected chi connectivity index (χ3v) is 4.99. The van der Waals surface area contributed by atoms with E-state index in [1.54, 1.807) is 6.92 Å². The number of halogens is 3. The Kier molecular flexibility index (Phi) is 10.4. The van der Waals surface area contributed by atoms with Gasteiger partial charge in [-0.1, -0.05) is 0 Å². The average Bonchev–Trinajstić information content (AvgIpc) is 2.42. The smallest absolute Gasteiger partial charge is 0.488 e. The fourth-order valence-corrected chi connectivity index (χ4v) is 5.59. The van der Waals surface area contributed by atoms with Crippen LogP contribution >= 0.6 is 67.8 Å². The van der Waals surface area contributed by atoms with Crippen molar-refractivity contribution in [2.45, 2.75) is 39.2 Å². The van der Waals surface area contributed by atoms with Gasteiger partial charge < -0.3 is 14.2 Å². The molecule has 124 valence electrons. The second kappa shape index (κ2) is 11.1. The van der Waals surface area contributed by atoms with E-state index in [9.17, 15) is 4.79 Å². The van der Waals surface area contributed by atoms with Crippen molar-refractivity contribution in [2.24, 2.45) is 0 Å². The lowest BCUT2D eigenvalue weighted by Gasteiger charge is -2.17. The van der Waals surface area contributed by atoms with Gasteiger partial charge in [0.2, 0.25) is 0 Å². The van der Waals surface area contributed by atoms with Crippen molar-refractivity contribution in [2.75, 3.05) is 13.2 Å². The van der Waals surface area contributed by atoms with Gasteiger partial charge in [-0.05, 0) is 113 Å². The molecule has 0 aromatic heterocycles. The van der Waals surface area contributed by atoms with Crippen LogP contribution < -0.4 is 4.74 Å². The first-order valence-corrected chi connectivity index (χ1v) is 10.3. The largest absolute Gasteiger partial charge is 0.508 e. The van der Waals surface area contributed by atoms with Gasteiger partial charge in [-0.3, -0.25) is 0 Å². The molecule has 0 heterocycles. The van der Waals surface area contributed by atoms with Gasteiger partial charge in [-0.15, -0.1) is 0 Å². The summed E-state index contributed by atoms with van der Waals surface area (Å²) in [5, 5.41) is 0. The molecule has 0 spiro atoms. The second-order valence-electron chi connectivity index (χ2n) is 4.65. The number of ether oxygens (including phenoxy) is 3. The molecule has 4 nitrogen and oxygen atoms in total. The highest BCUT2D eigenvalue weighted by Crippen LogP contribution is 2.30. The van der Waals surface area contributed by atoms with Crippen molar-refractivity contribution >= 4 is 73.9 Å². The molecule has 1 unspecified atom stereocenters. The first kappa shape index (κ1) is 20.5. The Morgan fingerprint density at radius 1 is 1.14 bits per heavy atom. The Hall–Kier alpha value is 0.480. The highest BCUT2D eigenvalue weighted by molar-refractivity contribution is 14.1. The van der Waals surface area contributed by atoms with E-state index in [-0.39, 0.29) is 6.10 Å². The molecule has 0 amide bonds. The summed E-state index contributed by atoms with van der Waals surface area (Å²) in [6.45, 7) is 4.56. The quantitative estimate of drug-likeness (QED) is 0.210. The summed E-state index contributed by atoms with van der Waals surface area (Å²) >= 11 is 6.92. The summed E-state index contributed by atoms with van der Waals surface area (Å²) in [7, 11) is 0.